The number of hydrogen-bond donors (Lipinski definition) is 0. The van der Waals surface area contributed by atoms with Crippen molar-refractivity contribution in [3.8, 4) is 0 Å². The number of carbonyl (C=O) groups is 1. The van der Waals surface area contributed by atoms with Crippen LogP contribution < -0.4 is 0 Å². The van der Waals surface area contributed by atoms with Gasteiger partial charge in [0.1, 0.15) is 0 Å². The number of carbonyl (C=O) groups excluding carboxylic acids is 1. The third kappa shape index (κ3) is 31.7. The van der Waals surface area contributed by atoms with Gasteiger partial charge in [-0.1, -0.05) is 136 Å². The van der Waals surface area contributed by atoms with Gasteiger partial charge in [-0.25, -0.2) is 0 Å². The van der Waals surface area contributed by atoms with E-state index in [1.807, 2.05) is 0 Å². The van der Waals surface area contributed by atoms with Crippen molar-refractivity contribution < 1.29 is 23.7 Å². The van der Waals surface area contributed by atoms with E-state index in [1.165, 1.54) is 116 Å². The highest BCUT2D eigenvalue weighted by Crippen LogP contribution is 2.14. The molecule has 39 heavy (non-hydrogen) atoms. The number of rotatable bonds is 33. The molecule has 0 bridgehead atoms. The lowest BCUT2D eigenvalue weighted by Gasteiger charge is -2.14. The van der Waals surface area contributed by atoms with Crippen LogP contribution >= 0.6 is 0 Å². The summed E-state index contributed by atoms with van der Waals surface area (Å²) in [7, 11) is 0. The third-order valence-electron chi connectivity index (χ3n) is 7.57. The van der Waals surface area contributed by atoms with Gasteiger partial charge in [0.15, 0.2) is 0 Å². The molecule has 5 nitrogen and oxygen atoms in total. The lowest BCUT2D eigenvalue weighted by atomic mass is 10.0. The van der Waals surface area contributed by atoms with Crippen molar-refractivity contribution in [1.29, 1.82) is 0 Å². The minimum Gasteiger partial charge on any atom is -0.466 e. The smallest absolute Gasteiger partial charge is 0.305 e. The van der Waals surface area contributed by atoms with Crippen molar-refractivity contribution >= 4 is 5.97 Å². The van der Waals surface area contributed by atoms with Crippen molar-refractivity contribution in [3.05, 3.63) is 0 Å². The van der Waals surface area contributed by atoms with E-state index < -0.39 is 0 Å². The van der Waals surface area contributed by atoms with E-state index in [1.54, 1.807) is 0 Å². The average Bonchev–Trinajstić information content (AvgIpc) is 2.95. The highest BCUT2D eigenvalue weighted by molar-refractivity contribution is 5.69. The molecular formula is C34H68O5. The number of unbranched alkanes of at least 4 members (excludes halogenated alkanes) is 16. The van der Waals surface area contributed by atoms with Gasteiger partial charge in [0.25, 0.3) is 0 Å². The van der Waals surface area contributed by atoms with Gasteiger partial charge < -0.3 is 18.9 Å². The summed E-state index contributed by atoms with van der Waals surface area (Å²) in [6, 6.07) is 0. The van der Waals surface area contributed by atoms with Crippen molar-refractivity contribution in [3.63, 3.8) is 0 Å². The molecule has 0 radical (unpaired) electrons. The summed E-state index contributed by atoms with van der Waals surface area (Å²) in [5.41, 5.74) is 0. The predicted octanol–water partition coefficient (Wildman–Crippen LogP) is 9.84. The van der Waals surface area contributed by atoms with Crippen molar-refractivity contribution in [2.24, 2.45) is 5.92 Å². The minimum atomic E-state index is -0.0997. The Kier molecular flexibility index (Phi) is 33.0. The molecule has 0 aromatic carbocycles. The molecule has 0 fully saturated rings. The molecule has 5 heteroatoms. The zero-order chi connectivity index (χ0) is 28.5. The molecule has 0 rings (SSSR count). The molecule has 0 saturated heterocycles. The van der Waals surface area contributed by atoms with Gasteiger partial charge in [0.2, 0.25) is 0 Å². The molecule has 0 aliphatic heterocycles. The molecule has 0 amide bonds. The van der Waals surface area contributed by atoms with Crippen molar-refractivity contribution in [2.75, 3.05) is 46.2 Å². The highest BCUT2D eigenvalue weighted by Gasteiger charge is 2.06. The first-order valence-electron chi connectivity index (χ1n) is 17.1. The molecule has 0 saturated carbocycles. The summed E-state index contributed by atoms with van der Waals surface area (Å²) in [5.74, 6) is 0.575. The Balaban J connectivity index is 3.22. The highest BCUT2D eigenvalue weighted by atomic mass is 16.5. The first-order chi connectivity index (χ1) is 19.2. The van der Waals surface area contributed by atoms with Gasteiger partial charge in [-0.2, -0.15) is 0 Å². The molecular weight excluding hydrogens is 488 g/mol. The van der Waals surface area contributed by atoms with Gasteiger partial charge in [0.05, 0.1) is 33.0 Å². The molecule has 0 heterocycles. The summed E-state index contributed by atoms with van der Waals surface area (Å²) < 4.78 is 22.2. The summed E-state index contributed by atoms with van der Waals surface area (Å²) >= 11 is 0. The molecule has 0 aliphatic carbocycles. The number of esters is 1. The zero-order valence-corrected chi connectivity index (χ0v) is 26.6. The van der Waals surface area contributed by atoms with Gasteiger partial charge in [-0.05, 0) is 25.2 Å². The second kappa shape index (κ2) is 33.6. The van der Waals surface area contributed by atoms with E-state index in [0.717, 1.165) is 19.4 Å². The Hall–Kier alpha value is -0.650. The molecule has 0 N–H and O–H groups in total. The second-order valence-electron chi connectivity index (χ2n) is 11.3. The predicted molar refractivity (Wildman–Crippen MR) is 166 cm³/mol. The van der Waals surface area contributed by atoms with E-state index in [0.29, 0.717) is 58.4 Å². The Morgan fingerprint density at radius 1 is 0.487 bits per heavy atom. The maximum atomic E-state index is 11.9. The van der Waals surface area contributed by atoms with Crippen LogP contribution in [-0.4, -0.2) is 52.2 Å². The quantitative estimate of drug-likeness (QED) is 0.0594. The average molecular weight is 557 g/mol. The largest absolute Gasteiger partial charge is 0.466 e. The van der Waals surface area contributed by atoms with Crippen LogP contribution in [0.2, 0.25) is 0 Å². The minimum absolute atomic E-state index is 0.0997. The van der Waals surface area contributed by atoms with Gasteiger partial charge in [-0.3, -0.25) is 4.79 Å². The SMILES string of the molecule is CCCCCCCCCCCCCCCCCCOC(=O)CCCOCCOCCOCC(CC)CCCC. The van der Waals surface area contributed by atoms with Crippen LogP contribution in [0.25, 0.3) is 0 Å². The monoisotopic (exact) mass is 557 g/mol. The Bertz CT molecular complexity index is 471. The summed E-state index contributed by atoms with van der Waals surface area (Å²) in [4.78, 5) is 11.9. The Morgan fingerprint density at radius 2 is 0.949 bits per heavy atom. The zero-order valence-electron chi connectivity index (χ0n) is 26.6. The Morgan fingerprint density at radius 3 is 1.46 bits per heavy atom. The van der Waals surface area contributed by atoms with E-state index >= 15 is 0 Å². The van der Waals surface area contributed by atoms with Crippen molar-refractivity contribution in [2.45, 2.75) is 162 Å². The summed E-state index contributed by atoms with van der Waals surface area (Å²) in [6.45, 7) is 11.1. The van der Waals surface area contributed by atoms with Crippen molar-refractivity contribution in [1.82, 2.24) is 0 Å². The van der Waals surface area contributed by atoms with Crippen LogP contribution in [0.3, 0.4) is 0 Å². The molecule has 1 atom stereocenters. The molecule has 234 valence electrons. The fraction of sp³-hybridized carbons (Fsp3) is 0.971. The van der Waals surface area contributed by atoms with Gasteiger partial charge in [0, 0.05) is 19.6 Å². The molecule has 0 spiro atoms. The third-order valence-corrected chi connectivity index (χ3v) is 7.57. The van der Waals surface area contributed by atoms with Crippen LogP contribution in [0.4, 0.5) is 0 Å². The fourth-order valence-electron chi connectivity index (χ4n) is 4.81. The number of ether oxygens (including phenoxy) is 4. The topological polar surface area (TPSA) is 54.0 Å². The van der Waals surface area contributed by atoms with Gasteiger partial charge >= 0.3 is 5.97 Å². The molecule has 1 unspecified atom stereocenters. The van der Waals surface area contributed by atoms with E-state index in [9.17, 15) is 4.79 Å². The summed E-state index contributed by atoms with van der Waals surface area (Å²) in [5, 5.41) is 0. The van der Waals surface area contributed by atoms with E-state index in [-0.39, 0.29) is 5.97 Å². The summed E-state index contributed by atoms with van der Waals surface area (Å²) in [6.07, 6.45) is 27.8. The lowest BCUT2D eigenvalue weighted by Crippen LogP contribution is -2.14. The molecule has 0 aromatic rings. The van der Waals surface area contributed by atoms with E-state index in [2.05, 4.69) is 20.8 Å². The first-order valence-corrected chi connectivity index (χ1v) is 17.1. The van der Waals surface area contributed by atoms with Crippen LogP contribution in [0.5, 0.6) is 0 Å². The Labute approximate surface area is 243 Å². The van der Waals surface area contributed by atoms with Crippen LogP contribution in [-0.2, 0) is 23.7 Å². The lowest BCUT2D eigenvalue weighted by molar-refractivity contribution is -0.144. The normalized spacial score (nSPS) is 12.2. The van der Waals surface area contributed by atoms with Gasteiger partial charge in [-0.15, -0.1) is 0 Å². The molecule has 0 aliphatic rings. The molecule has 0 aromatic heterocycles. The van der Waals surface area contributed by atoms with Crippen LogP contribution in [0.1, 0.15) is 162 Å². The maximum Gasteiger partial charge on any atom is 0.305 e. The first kappa shape index (κ1) is 38.4. The second-order valence-corrected chi connectivity index (χ2v) is 11.3. The van der Waals surface area contributed by atoms with Crippen LogP contribution in [0.15, 0.2) is 0 Å². The number of hydrogen-bond acceptors (Lipinski definition) is 5. The van der Waals surface area contributed by atoms with E-state index in [4.69, 9.17) is 18.9 Å². The maximum absolute atomic E-state index is 11.9. The standard InChI is InChI=1S/C34H68O5/c1-4-7-9-10-11-12-13-14-15-16-17-18-19-20-21-22-27-39-34(35)25-23-26-36-28-29-37-30-31-38-32-33(6-3)24-8-5-2/h33H,4-32H2,1-3H3. The fourth-order valence-corrected chi connectivity index (χ4v) is 4.81. The van der Waals surface area contributed by atoms with Crippen LogP contribution in [0, 0.1) is 5.92 Å².